The van der Waals surface area contributed by atoms with E-state index in [1.807, 2.05) is 32.0 Å². The zero-order valence-corrected chi connectivity index (χ0v) is 16.1. The van der Waals surface area contributed by atoms with Crippen LogP contribution in [0.15, 0.2) is 22.6 Å². The first-order chi connectivity index (χ1) is 13.0. The van der Waals surface area contributed by atoms with Crippen molar-refractivity contribution in [2.45, 2.75) is 39.5 Å². The smallest absolute Gasteiger partial charge is 0.266 e. The molecule has 5 rings (SSSR count). The number of aromatic nitrogens is 3. The van der Waals surface area contributed by atoms with E-state index in [0.29, 0.717) is 28.0 Å². The number of anilines is 1. The Kier molecular flexibility index (Phi) is 3.55. The van der Waals surface area contributed by atoms with Crippen LogP contribution in [0.5, 0.6) is 0 Å². The summed E-state index contributed by atoms with van der Waals surface area (Å²) >= 11 is 1.44. The molecule has 7 heteroatoms. The van der Waals surface area contributed by atoms with Crippen LogP contribution >= 0.6 is 11.3 Å². The topological polar surface area (TPSA) is 80.9 Å². The van der Waals surface area contributed by atoms with Gasteiger partial charge in [-0.2, -0.15) is 0 Å². The van der Waals surface area contributed by atoms with Crippen molar-refractivity contribution in [2.24, 2.45) is 0 Å². The van der Waals surface area contributed by atoms with Crippen molar-refractivity contribution in [3.63, 3.8) is 0 Å². The summed E-state index contributed by atoms with van der Waals surface area (Å²) in [5.74, 6) is 1.88. The van der Waals surface area contributed by atoms with E-state index < -0.39 is 0 Å². The molecule has 3 aromatic heterocycles. The Balaban J connectivity index is 1.50. The molecule has 1 aliphatic carbocycles. The molecule has 0 spiro atoms. The summed E-state index contributed by atoms with van der Waals surface area (Å²) < 4.78 is 5.48. The molecule has 0 saturated heterocycles. The number of benzene rings is 1. The molecule has 1 saturated carbocycles. The fourth-order valence-electron chi connectivity index (χ4n) is 3.41. The van der Waals surface area contributed by atoms with Crippen molar-refractivity contribution in [3.8, 4) is 0 Å². The molecule has 0 bridgehead atoms. The Hall–Kier alpha value is -2.80. The molecule has 0 atom stereocenters. The summed E-state index contributed by atoms with van der Waals surface area (Å²) in [6.07, 6.45) is 2.32. The van der Waals surface area contributed by atoms with Crippen molar-refractivity contribution >= 4 is 44.2 Å². The first-order valence-electron chi connectivity index (χ1n) is 8.96. The third-order valence-corrected chi connectivity index (χ3v) is 6.07. The minimum Gasteiger partial charge on any atom is -0.441 e. The summed E-state index contributed by atoms with van der Waals surface area (Å²) in [4.78, 5) is 28.2. The van der Waals surface area contributed by atoms with Gasteiger partial charge in [-0.1, -0.05) is 0 Å². The predicted molar refractivity (Wildman–Crippen MR) is 106 cm³/mol. The normalized spacial score (nSPS) is 14.2. The van der Waals surface area contributed by atoms with E-state index in [-0.39, 0.29) is 5.91 Å². The molecule has 1 aromatic carbocycles. The van der Waals surface area contributed by atoms with Gasteiger partial charge in [0.1, 0.15) is 16.2 Å². The van der Waals surface area contributed by atoms with Gasteiger partial charge in [0.25, 0.3) is 5.91 Å². The highest BCUT2D eigenvalue weighted by Gasteiger charge is 2.28. The van der Waals surface area contributed by atoms with Gasteiger partial charge in [-0.25, -0.2) is 15.0 Å². The third-order valence-electron chi connectivity index (χ3n) is 4.89. The lowest BCUT2D eigenvalue weighted by Gasteiger charge is -2.04. The van der Waals surface area contributed by atoms with Gasteiger partial charge in [-0.3, -0.25) is 4.79 Å². The quantitative estimate of drug-likeness (QED) is 0.549. The van der Waals surface area contributed by atoms with Gasteiger partial charge in [0.15, 0.2) is 11.5 Å². The number of nitrogens with zero attached hydrogens (tertiary/aromatic N) is 3. The molecule has 1 N–H and O–H groups in total. The largest absolute Gasteiger partial charge is 0.441 e. The molecule has 4 aromatic rings. The second-order valence-corrected chi connectivity index (χ2v) is 8.05. The number of nitrogens with one attached hydrogen (secondary N) is 1. The third kappa shape index (κ3) is 2.78. The zero-order valence-electron chi connectivity index (χ0n) is 15.3. The second kappa shape index (κ2) is 5.85. The maximum Gasteiger partial charge on any atom is 0.266 e. The number of aryl methyl sites for hydroxylation is 3. The average molecular weight is 378 g/mol. The highest BCUT2D eigenvalue weighted by atomic mass is 32.1. The summed E-state index contributed by atoms with van der Waals surface area (Å²) in [6, 6.07) is 5.46. The van der Waals surface area contributed by atoms with Crippen LogP contribution < -0.4 is 5.32 Å². The first kappa shape index (κ1) is 16.4. The van der Waals surface area contributed by atoms with Gasteiger partial charge in [0, 0.05) is 23.9 Å². The zero-order chi connectivity index (χ0) is 18.7. The molecule has 0 unspecified atom stereocenters. The molecule has 1 fully saturated rings. The van der Waals surface area contributed by atoms with Crippen LogP contribution in [0.1, 0.15) is 51.4 Å². The van der Waals surface area contributed by atoms with Gasteiger partial charge < -0.3 is 9.73 Å². The van der Waals surface area contributed by atoms with E-state index >= 15 is 0 Å². The lowest BCUT2D eigenvalue weighted by Crippen LogP contribution is -2.11. The highest BCUT2D eigenvalue weighted by Crippen LogP contribution is 2.40. The van der Waals surface area contributed by atoms with E-state index in [2.05, 4.69) is 15.3 Å². The molecule has 0 radical (unpaired) electrons. The summed E-state index contributed by atoms with van der Waals surface area (Å²) in [5.41, 5.74) is 4.02. The van der Waals surface area contributed by atoms with E-state index in [0.717, 1.165) is 45.7 Å². The van der Waals surface area contributed by atoms with Crippen molar-refractivity contribution in [1.82, 2.24) is 15.0 Å². The monoisotopic (exact) mass is 378 g/mol. The van der Waals surface area contributed by atoms with Gasteiger partial charge in [-0.15, -0.1) is 11.3 Å². The van der Waals surface area contributed by atoms with Crippen LogP contribution in [0.3, 0.4) is 0 Å². The van der Waals surface area contributed by atoms with Crippen molar-refractivity contribution < 1.29 is 9.21 Å². The number of rotatable bonds is 3. The maximum atomic E-state index is 12.9. The van der Waals surface area contributed by atoms with Crippen LogP contribution in [0, 0.1) is 20.8 Å². The fraction of sp³-hybridized carbons (Fsp3) is 0.300. The standard InChI is InChI=1S/C20H18N4O2S/c1-9-16-10(2)21-18(12-4-5-12)24-20(16)27-17(9)19(25)23-13-6-7-15-14(8-13)22-11(3)26-15/h6-8,12H,4-5H2,1-3H3,(H,23,25). The summed E-state index contributed by atoms with van der Waals surface area (Å²) in [5, 5.41) is 3.97. The Bertz CT molecular complexity index is 1220. The predicted octanol–water partition coefficient (Wildman–Crippen LogP) is 4.89. The molecule has 136 valence electrons. The van der Waals surface area contributed by atoms with Gasteiger partial charge in [0.05, 0.1) is 10.6 Å². The van der Waals surface area contributed by atoms with Crippen LogP contribution in [0.25, 0.3) is 21.3 Å². The maximum absolute atomic E-state index is 12.9. The number of thiophene rings is 1. The van der Waals surface area contributed by atoms with Crippen LogP contribution in [0.2, 0.25) is 0 Å². The van der Waals surface area contributed by atoms with Crippen LogP contribution in [-0.4, -0.2) is 20.9 Å². The van der Waals surface area contributed by atoms with Crippen molar-refractivity contribution in [2.75, 3.05) is 5.32 Å². The number of hydrogen-bond donors (Lipinski definition) is 1. The molecular weight excluding hydrogens is 360 g/mol. The number of carbonyl (C=O) groups is 1. The number of hydrogen-bond acceptors (Lipinski definition) is 6. The minimum absolute atomic E-state index is 0.137. The Morgan fingerprint density at radius 1 is 1.19 bits per heavy atom. The minimum atomic E-state index is -0.137. The molecule has 3 heterocycles. The lowest BCUT2D eigenvalue weighted by atomic mass is 10.1. The lowest BCUT2D eigenvalue weighted by molar-refractivity contribution is 0.103. The molecule has 6 nitrogen and oxygen atoms in total. The van der Waals surface area contributed by atoms with Crippen LogP contribution in [-0.2, 0) is 0 Å². The SMILES string of the molecule is Cc1nc2cc(NC(=O)c3sc4nc(C5CC5)nc(C)c4c3C)ccc2o1. The van der Waals surface area contributed by atoms with E-state index in [4.69, 9.17) is 9.40 Å². The second-order valence-electron chi connectivity index (χ2n) is 7.05. The van der Waals surface area contributed by atoms with Gasteiger partial charge in [0.2, 0.25) is 0 Å². The molecular formula is C20H18N4O2S. The van der Waals surface area contributed by atoms with Crippen LogP contribution in [0.4, 0.5) is 5.69 Å². The van der Waals surface area contributed by atoms with Gasteiger partial charge in [-0.05, 0) is 50.5 Å². The fourth-order valence-corrected chi connectivity index (χ4v) is 4.54. The number of amides is 1. The van der Waals surface area contributed by atoms with Crippen molar-refractivity contribution in [1.29, 1.82) is 0 Å². The van der Waals surface area contributed by atoms with E-state index in [1.165, 1.54) is 11.3 Å². The number of oxazole rings is 1. The summed E-state index contributed by atoms with van der Waals surface area (Å²) in [6.45, 7) is 5.77. The number of fused-ring (bicyclic) bond motifs is 2. The van der Waals surface area contributed by atoms with Crippen molar-refractivity contribution in [3.05, 3.63) is 46.0 Å². The molecule has 27 heavy (non-hydrogen) atoms. The molecule has 1 amide bonds. The molecule has 1 aliphatic rings. The Morgan fingerprint density at radius 3 is 2.78 bits per heavy atom. The van der Waals surface area contributed by atoms with Gasteiger partial charge >= 0.3 is 0 Å². The highest BCUT2D eigenvalue weighted by molar-refractivity contribution is 7.20. The number of carbonyl (C=O) groups excluding carboxylic acids is 1. The molecule has 0 aliphatic heterocycles. The summed E-state index contributed by atoms with van der Waals surface area (Å²) in [7, 11) is 0. The Labute approximate surface area is 159 Å². The van der Waals surface area contributed by atoms with E-state index in [1.54, 1.807) is 6.92 Å². The average Bonchev–Trinajstić information content (AvgIpc) is 3.32. The van der Waals surface area contributed by atoms with E-state index in [9.17, 15) is 4.79 Å². The Morgan fingerprint density at radius 2 is 2.00 bits per heavy atom. The first-order valence-corrected chi connectivity index (χ1v) is 9.77.